The van der Waals surface area contributed by atoms with Gasteiger partial charge in [-0.25, -0.2) is 0 Å². The molecular weight excluding hydrogens is 300 g/mol. The molecule has 0 saturated heterocycles. The van der Waals surface area contributed by atoms with E-state index in [0.717, 1.165) is 5.69 Å². The van der Waals surface area contributed by atoms with Crippen molar-refractivity contribution in [1.82, 2.24) is 14.8 Å². The van der Waals surface area contributed by atoms with Crippen LogP contribution in [0.25, 0.3) is 0 Å². The highest BCUT2D eigenvalue weighted by Crippen LogP contribution is 2.59. The molecule has 1 aliphatic carbocycles. The Hall–Kier alpha value is -2.43. The first kappa shape index (κ1) is 16.4. The van der Waals surface area contributed by atoms with Crippen LogP contribution in [0, 0.1) is 17.3 Å². The quantitative estimate of drug-likeness (QED) is 0.856. The summed E-state index contributed by atoms with van der Waals surface area (Å²) in [6.07, 6.45) is 5.82. The molecule has 1 saturated carbocycles. The predicted octanol–water partition coefficient (Wildman–Crippen LogP) is 3.50. The third-order valence-electron chi connectivity index (χ3n) is 4.65. The van der Waals surface area contributed by atoms with E-state index in [1.165, 1.54) is 5.57 Å². The zero-order valence-corrected chi connectivity index (χ0v) is 14.7. The SMILES string of the molecule is CC(C)=CC1C(C(=O)Nc2ccn(Cc3ccccn3)n2)C1(C)C. The van der Waals surface area contributed by atoms with Gasteiger partial charge in [0.1, 0.15) is 0 Å². The van der Waals surface area contributed by atoms with Crippen LogP contribution >= 0.6 is 0 Å². The fourth-order valence-corrected chi connectivity index (χ4v) is 3.23. The van der Waals surface area contributed by atoms with Gasteiger partial charge in [-0.1, -0.05) is 31.6 Å². The molecule has 1 fully saturated rings. The lowest BCUT2D eigenvalue weighted by molar-refractivity contribution is -0.118. The van der Waals surface area contributed by atoms with E-state index < -0.39 is 0 Å². The van der Waals surface area contributed by atoms with Crippen LogP contribution in [0.15, 0.2) is 48.3 Å². The summed E-state index contributed by atoms with van der Waals surface area (Å²) in [4.78, 5) is 16.8. The van der Waals surface area contributed by atoms with Crippen molar-refractivity contribution in [1.29, 1.82) is 0 Å². The summed E-state index contributed by atoms with van der Waals surface area (Å²) in [7, 11) is 0. The summed E-state index contributed by atoms with van der Waals surface area (Å²) in [5.41, 5.74) is 2.20. The van der Waals surface area contributed by atoms with Crippen molar-refractivity contribution < 1.29 is 4.79 Å². The molecule has 2 unspecified atom stereocenters. The van der Waals surface area contributed by atoms with Gasteiger partial charge in [-0.3, -0.25) is 14.5 Å². The molecule has 3 rings (SSSR count). The number of amides is 1. The van der Waals surface area contributed by atoms with E-state index in [-0.39, 0.29) is 17.2 Å². The minimum atomic E-state index is 0.00772. The van der Waals surface area contributed by atoms with Crippen molar-refractivity contribution in [3.63, 3.8) is 0 Å². The van der Waals surface area contributed by atoms with Crippen LogP contribution < -0.4 is 5.32 Å². The number of anilines is 1. The van der Waals surface area contributed by atoms with Gasteiger partial charge in [0, 0.05) is 18.5 Å². The zero-order valence-electron chi connectivity index (χ0n) is 14.7. The van der Waals surface area contributed by atoms with Gasteiger partial charge < -0.3 is 5.32 Å². The Labute approximate surface area is 142 Å². The van der Waals surface area contributed by atoms with E-state index >= 15 is 0 Å². The standard InChI is InChI=1S/C19H24N4O/c1-13(2)11-15-17(19(15,3)4)18(24)21-16-8-10-23(22-16)12-14-7-5-6-9-20-14/h5-11,15,17H,12H2,1-4H3,(H,21,22,24). The van der Waals surface area contributed by atoms with Crippen LogP contribution in [0.4, 0.5) is 5.82 Å². The third-order valence-corrected chi connectivity index (χ3v) is 4.65. The topological polar surface area (TPSA) is 59.8 Å². The summed E-state index contributed by atoms with van der Waals surface area (Å²) in [5, 5.41) is 7.37. The number of hydrogen-bond acceptors (Lipinski definition) is 3. The number of rotatable bonds is 5. The average molecular weight is 324 g/mol. The van der Waals surface area contributed by atoms with Crippen molar-refractivity contribution in [2.45, 2.75) is 34.2 Å². The summed E-state index contributed by atoms with van der Waals surface area (Å²) in [6.45, 7) is 9.01. The second kappa shape index (κ2) is 6.23. The number of allylic oxidation sites excluding steroid dienone is 2. The second-order valence-corrected chi connectivity index (χ2v) is 7.28. The number of nitrogens with one attached hydrogen (secondary N) is 1. The summed E-state index contributed by atoms with van der Waals surface area (Å²) < 4.78 is 1.78. The van der Waals surface area contributed by atoms with Gasteiger partial charge in [0.15, 0.2) is 5.82 Å². The van der Waals surface area contributed by atoms with E-state index in [2.05, 4.69) is 49.2 Å². The highest BCUT2D eigenvalue weighted by atomic mass is 16.2. The molecule has 5 heteroatoms. The Morgan fingerprint density at radius 1 is 1.33 bits per heavy atom. The average Bonchev–Trinajstić information content (AvgIpc) is 2.83. The molecule has 2 atom stereocenters. The van der Waals surface area contributed by atoms with Crippen LogP contribution in [-0.2, 0) is 11.3 Å². The monoisotopic (exact) mass is 324 g/mol. The zero-order chi connectivity index (χ0) is 17.3. The van der Waals surface area contributed by atoms with Crippen molar-refractivity contribution in [3.8, 4) is 0 Å². The van der Waals surface area contributed by atoms with Crippen molar-refractivity contribution in [3.05, 3.63) is 54.0 Å². The van der Waals surface area contributed by atoms with E-state index in [1.807, 2.05) is 30.5 Å². The van der Waals surface area contributed by atoms with Crippen LogP contribution in [0.5, 0.6) is 0 Å². The van der Waals surface area contributed by atoms with Gasteiger partial charge >= 0.3 is 0 Å². The molecule has 0 radical (unpaired) electrons. The third kappa shape index (κ3) is 3.40. The number of pyridine rings is 1. The van der Waals surface area contributed by atoms with E-state index in [0.29, 0.717) is 18.3 Å². The van der Waals surface area contributed by atoms with Gasteiger partial charge in [-0.15, -0.1) is 0 Å². The van der Waals surface area contributed by atoms with Crippen LogP contribution in [-0.4, -0.2) is 20.7 Å². The number of aromatic nitrogens is 3. The molecule has 1 N–H and O–H groups in total. The summed E-state index contributed by atoms with van der Waals surface area (Å²) in [6, 6.07) is 7.62. The normalized spacial score (nSPS) is 21.2. The van der Waals surface area contributed by atoms with Gasteiger partial charge in [-0.2, -0.15) is 5.10 Å². The number of nitrogens with zero attached hydrogens (tertiary/aromatic N) is 3. The Balaban J connectivity index is 1.63. The van der Waals surface area contributed by atoms with E-state index in [1.54, 1.807) is 10.9 Å². The number of carbonyl (C=O) groups excluding carboxylic acids is 1. The maximum atomic E-state index is 12.5. The van der Waals surface area contributed by atoms with Crippen molar-refractivity contribution in [2.75, 3.05) is 5.32 Å². The molecule has 0 spiro atoms. The van der Waals surface area contributed by atoms with Crippen LogP contribution in [0.1, 0.15) is 33.4 Å². The molecule has 24 heavy (non-hydrogen) atoms. The van der Waals surface area contributed by atoms with Gasteiger partial charge in [-0.05, 0) is 37.3 Å². The first-order chi connectivity index (χ1) is 11.4. The molecule has 0 bridgehead atoms. The second-order valence-electron chi connectivity index (χ2n) is 7.28. The molecule has 2 aromatic heterocycles. The van der Waals surface area contributed by atoms with Gasteiger partial charge in [0.05, 0.1) is 18.2 Å². The molecule has 2 heterocycles. The molecule has 1 amide bonds. The van der Waals surface area contributed by atoms with Crippen LogP contribution in [0.3, 0.4) is 0 Å². The Morgan fingerprint density at radius 2 is 2.12 bits per heavy atom. The predicted molar refractivity (Wildman–Crippen MR) is 94.4 cm³/mol. The Bertz CT molecular complexity index is 757. The maximum absolute atomic E-state index is 12.5. The maximum Gasteiger partial charge on any atom is 0.229 e. The van der Waals surface area contributed by atoms with Crippen molar-refractivity contribution >= 4 is 11.7 Å². The smallest absolute Gasteiger partial charge is 0.229 e. The molecular formula is C19H24N4O. The minimum absolute atomic E-state index is 0.00772. The van der Waals surface area contributed by atoms with E-state index in [9.17, 15) is 4.79 Å². The Kier molecular flexibility index (Phi) is 4.26. The lowest BCUT2D eigenvalue weighted by Crippen LogP contribution is -2.17. The molecule has 2 aromatic rings. The molecule has 0 aliphatic heterocycles. The number of carbonyl (C=O) groups is 1. The minimum Gasteiger partial charge on any atom is -0.309 e. The highest BCUT2D eigenvalue weighted by molar-refractivity contribution is 5.95. The van der Waals surface area contributed by atoms with Gasteiger partial charge in [0.2, 0.25) is 5.91 Å². The first-order valence-electron chi connectivity index (χ1n) is 8.27. The molecule has 1 aliphatic rings. The van der Waals surface area contributed by atoms with Crippen LogP contribution in [0.2, 0.25) is 0 Å². The Morgan fingerprint density at radius 3 is 2.79 bits per heavy atom. The molecule has 126 valence electrons. The number of hydrogen-bond donors (Lipinski definition) is 1. The highest BCUT2D eigenvalue weighted by Gasteiger charge is 2.60. The van der Waals surface area contributed by atoms with Crippen molar-refractivity contribution in [2.24, 2.45) is 17.3 Å². The molecule has 0 aromatic carbocycles. The lowest BCUT2D eigenvalue weighted by Gasteiger charge is -2.03. The van der Waals surface area contributed by atoms with Gasteiger partial charge in [0.25, 0.3) is 0 Å². The van der Waals surface area contributed by atoms with E-state index in [4.69, 9.17) is 0 Å². The molecule has 5 nitrogen and oxygen atoms in total. The summed E-state index contributed by atoms with van der Waals surface area (Å²) in [5.74, 6) is 0.951. The largest absolute Gasteiger partial charge is 0.309 e. The fraction of sp³-hybridized carbons (Fsp3) is 0.421. The fourth-order valence-electron chi connectivity index (χ4n) is 3.23. The summed E-state index contributed by atoms with van der Waals surface area (Å²) >= 11 is 0. The first-order valence-corrected chi connectivity index (χ1v) is 8.27. The lowest BCUT2D eigenvalue weighted by atomic mass is 10.1.